The van der Waals surface area contributed by atoms with Crippen LogP contribution in [0.1, 0.15) is 31.2 Å². The molecule has 0 aliphatic carbocycles. The largest absolute Gasteiger partial charge is 0.497 e. The Morgan fingerprint density at radius 1 is 0.906 bits per heavy atom. The number of hydrogen-bond donors (Lipinski definition) is 0. The van der Waals surface area contributed by atoms with E-state index in [9.17, 15) is 13.2 Å². The quantitative estimate of drug-likeness (QED) is 0.665. The van der Waals surface area contributed by atoms with E-state index in [2.05, 4.69) is 0 Å². The number of sulfonamides is 1. The van der Waals surface area contributed by atoms with Gasteiger partial charge in [-0.1, -0.05) is 12.1 Å². The van der Waals surface area contributed by atoms with E-state index in [1.807, 2.05) is 36.1 Å². The number of ether oxygens (including phenoxy) is 2. The molecule has 7 nitrogen and oxygen atoms in total. The van der Waals surface area contributed by atoms with Gasteiger partial charge in [0.05, 0.1) is 25.0 Å². The van der Waals surface area contributed by atoms with Gasteiger partial charge in [0.15, 0.2) is 0 Å². The van der Waals surface area contributed by atoms with Crippen LogP contribution in [0, 0.1) is 5.41 Å². The molecule has 1 spiro atoms. The first-order valence-corrected chi connectivity index (χ1v) is 12.3. The number of methoxy groups -OCH3 is 2. The van der Waals surface area contributed by atoms with Crippen LogP contribution in [0.2, 0.25) is 0 Å². The average molecular weight is 459 g/mol. The zero-order valence-electron chi connectivity index (χ0n) is 18.8. The Balaban J connectivity index is 1.33. The standard InChI is InChI=1S/C24H30N2O5S/c1-18(19-4-6-20(30-2)7-5-19)23(27)25-16-24(17-25)12-14-26(15-13-24)32(28,29)22-10-8-21(31-3)9-11-22/h4-11,18H,12-17H2,1-3H3. The maximum Gasteiger partial charge on any atom is 0.243 e. The van der Waals surface area contributed by atoms with Crippen molar-refractivity contribution in [3.8, 4) is 11.5 Å². The molecule has 32 heavy (non-hydrogen) atoms. The van der Waals surface area contributed by atoms with E-state index in [1.165, 1.54) is 0 Å². The molecule has 0 N–H and O–H groups in total. The van der Waals surface area contributed by atoms with Crippen molar-refractivity contribution in [2.45, 2.75) is 30.6 Å². The first-order valence-electron chi connectivity index (χ1n) is 10.8. The molecule has 2 saturated heterocycles. The smallest absolute Gasteiger partial charge is 0.243 e. The minimum Gasteiger partial charge on any atom is -0.497 e. The number of carbonyl (C=O) groups is 1. The molecule has 4 rings (SSSR count). The van der Waals surface area contributed by atoms with E-state index >= 15 is 0 Å². The Bertz CT molecular complexity index is 1050. The second-order valence-corrected chi connectivity index (χ2v) is 10.7. The second-order valence-electron chi connectivity index (χ2n) is 8.77. The van der Waals surface area contributed by atoms with Gasteiger partial charge in [0, 0.05) is 31.6 Å². The van der Waals surface area contributed by atoms with Crippen molar-refractivity contribution in [2.75, 3.05) is 40.4 Å². The van der Waals surface area contributed by atoms with Gasteiger partial charge in [-0.25, -0.2) is 8.42 Å². The van der Waals surface area contributed by atoms with Crippen LogP contribution < -0.4 is 9.47 Å². The molecule has 0 radical (unpaired) electrons. The number of carbonyl (C=O) groups excluding carboxylic acids is 1. The lowest BCUT2D eigenvalue weighted by Crippen LogP contribution is -2.62. The normalized spacial score (nSPS) is 19.3. The molecule has 2 aliphatic rings. The van der Waals surface area contributed by atoms with Crippen LogP contribution in [0.4, 0.5) is 0 Å². The summed E-state index contributed by atoms with van der Waals surface area (Å²) in [6.45, 7) is 4.28. The molecule has 2 heterocycles. The molecule has 1 unspecified atom stereocenters. The third-order valence-corrected chi connectivity index (χ3v) is 8.74. The van der Waals surface area contributed by atoms with Crippen LogP contribution in [-0.2, 0) is 14.8 Å². The molecule has 0 aromatic heterocycles. The molecular formula is C24H30N2O5S. The monoisotopic (exact) mass is 458 g/mol. The number of benzene rings is 2. The summed E-state index contributed by atoms with van der Waals surface area (Å²) in [6, 6.07) is 14.1. The molecule has 0 saturated carbocycles. The van der Waals surface area contributed by atoms with E-state index in [0.717, 1.165) is 24.2 Å². The number of hydrogen-bond acceptors (Lipinski definition) is 5. The molecule has 2 aromatic rings. The summed E-state index contributed by atoms with van der Waals surface area (Å²) in [4.78, 5) is 15.1. The average Bonchev–Trinajstić information content (AvgIpc) is 2.81. The summed E-state index contributed by atoms with van der Waals surface area (Å²) in [7, 11) is -0.344. The Morgan fingerprint density at radius 2 is 1.41 bits per heavy atom. The van der Waals surface area contributed by atoms with Gasteiger partial charge in [-0.3, -0.25) is 4.79 Å². The molecule has 2 aliphatic heterocycles. The van der Waals surface area contributed by atoms with E-state index < -0.39 is 10.0 Å². The third-order valence-electron chi connectivity index (χ3n) is 6.83. The highest BCUT2D eigenvalue weighted by Crippen LogP contribution is 2.42. The van der Waals surface area contributed by atoms with Crippen LogP contribution in [0.3, 0.4) is 0 Å². The molecule has 8 heteroatoms. The molecule has 1 atom stereocenters. The SMILES string of the molecule is COc1ccc(C(C)C(=O)N2CC3(CCN(S(=O)(=O)c4ccc(OC)cc4)CC3)C2)cc1. The highest BCUT2D eigenvalue weighted by Gasteiger charge is 2.48. The van der Waals surface area contributed by atoms with E-state index in [-0.39, 0.29) is 22.1 Å². The molecule has 0 bridgehead atoms. The van der Waals surface area contributed by atoms with Crippen LogP contribution in [0.25, 0.3) is 0 Å². The molecule has 172 valence electrons. The summed E-state index contributed by atoms with van der Waals surface area (Å²) in [6.07, 6.45) is 1.53. The number of amides is 1. The van der Waals surface area contributed by atoms with Gasteiger partial charge in [0.25, 0.3) is 0 Å². The fourth-order valence-electron chi connectivity index (χ4n) is 4.64. The van der Waals surface area contributed by atoms with Crippen LogP contribution in [-0.4, -0.2) is 63.9 Å². The Labute approximate surface area is 190 Å². The number of piperidine rings is 1. The van der Waals surface area contributed by atoms with Crippen LogP contribution in [0.15, 0.2) is 53.4 Å². The van der Waals surface area contributed by atoms with Crippen molar-refractivity contribution in [3.05, 3.63) is 54.1 Å². The fourth-order valence-corrected chi connectivity index (χ4v) is 6.08. The highest BCUT2D eigenvalue weighted by molar-refractivity contribution is 7.89. The number of likely N-dealkylation sites (tertiary alicyclic amines) is 1. The number of nitrogens with zero attached hydrogens (tertiary/aromatic N) is 2. The summed E-state index contributed by atoms with van der Waals surface area (Å²) >= 11 is 0. The lowest BCUT2D eigenvalue weighted by molar-refractivity contribution is -0.147. The van der Waals surface area contributed by atoms with E-state index in [4.69, 9.17) is 9.47 Å². The topological polar surface area (TPSA) is 76.2 Å². The van der Waals surface area contributed by atoms with Crippen LogP contribution in [0.5, 0.6) is 11.5 Å². The lowest BCUT2D eigenvalue weighted by atomic mass is 9.72. The zero-order chi connectivity index (χ0) is 22.9. The van der Waals surface area contributed by atoms with Crippen molar-refractivity contribution in [3.63, 3.8) is 0 Å². The van der Waals surface area contributed by atoms with Gasteiger partial charge in [-0.2, -0.15) is 4.31 Å². The van der Waals surface area contributed by atoms with Gasteiger partial charge in [0.2, 0.25) is 15.9 Å². The summed E-state index contributed by atoms with van der Waals surface area (Å²) in [5.74, 6) is 1.31. The maximum atomic E-state index is 13.0. The molecule has 2 fully saturated rings. The Kier molecular flexibility index (Phi) is 6.18. The predicted molar refractivity (Wildman–Crippen MR) is 121 cm³/mol. The van der Waals surface area contributed by atoms with Crippen molar-refractivity contribution in [2.24, 2.45) is 5.41 Å². The summed E-state index contributed by atoms with van der Waals surface area (Å²) < 4.78 is 37.8. The Morgan fingerprint density at radius 3 is 1.91 bits per heavy atom. The lowest BCUT2D eigenvalue weighted by Gasteiger charge is -2.54. The van der Waals surface area contributed by atoms with Gasteiger partial charge in [-0.05, 0) is 61.7 Å². The minimum absolute atomic E-state index is 0.0290. The Hall–Kier alpha value is -2.58. The van der Waals surface area contributed by atoms with Gasteiger partial charge in [-0.15, -0.1) is 0 Å². The van der Waals surface area contributed by atoms with Gasteiger partial charge in [0.1, 0.15) is 11.5 Å². The van der Waals surface area contributed by atoms with Crippen molar-refractivity contribution >= 4 is 15.9 Å². The zero-order valence-corrected chi connectivity index (χ0v) is 19.6. The van der Waals surface area contributed by atoms with Gasteiger partial charge >= 0.3 is 0 Å². The fraction of sp³-hybridized carbons (Fsp3) is 0.458. The third kappa shape index (κ3) is 4.21. The van der Waals surface area contributed by atoms with Crippen molar-refractivity contribution in [1.29, 1.82) is 0 Å². The first-order chi connectivity index (χ1) is 15.3. The van der Waals surface area contributed by atoms with Gasteiger partial charge < -0.3 is 14.4 Å². The van der Waals surface area contributed by atoms with Crippen molar-refractivity contribution in [1.82, 2.24) is 9.21 Å². The first kappa shape index (κ1) is 22.6. The van der Waals surface area contributed by atoms with Crippen molar-refractivity contribution < 1.29 is 22.7 Å². The van der Waals surface area contributed by atoms with E-state index in [1.54, 1.807) is 42.8 Å². The second kappa shape index (κ2) is 8.75. The highest BCUT2D eigenvalue weighted by atomic mass is 32.2. The maximum absolute atomic E-state index is 13.0. The molecule has 1 amide bonds. The summed E-state index contributed by atoms with van der Waals surface area (Å²) in [5, 5.41) is 0. The molecule has 2 aromatic carbocycles. The minimum atomic E-state index is -3.52. The van der Waals surface area contributed by atoms with E-state index in [0.29, 0.717) is 31.9 Å². The predicted octanol–water partition coefficient (Wildman–Crippen LogP) is 3.12. The van der Waals surface area contributed by atoms with Crippen LogP contribution >= 0.6 is 0 Å². The molecular weight excluding hydrogens is 428 g/mol. The number of rotatable bonds is 6. The summed E-state index contributed by atoms with van der Waals surface area (Å²) in [5.41, 5.74) is 0.999.